The normalized spacial score (nSPS) is 9.43. The van der Waals surface area contributed by atoms with E-state index in [0.29, 0.717) is 4.57 Å². The summed E-state index contributed by atoms with van der Waals surface area (Å²) in [4.78, 5) is 18.5. The molecule has 0 aliphatic heterocycles. The Balaban J connectivity index is 3.18. The van der Waals surface area contributed by atoms with Crippen LogP contribution in [0, 0.1) is 26.5 Å². The number of aromatic nitrogens is 1. The van der Waals surface area contributed by atoms with E-state index in [0.717, 1.165) is 6.20 Å². The summed E-state index contributed by atoms with van der Waals surface area (Å²) in [5.74, 6) is -0.0732. The highest BCUT2D eigenvalue weighted by molar-refractivity contribution is 5.19. The van der Waals surface area contributed by atoms with Gasteiger partial charge >= 0.3 is 6.29 Å². The largest absolute Gasteiger partial charge is 0.575 e. The van der Waals surface area contributed by atoms with E-state index in [2.05, 4.69) is 0 Å². The molecule has 14 heavy (non-hydrogen) atoms. The predicted molar refractivity (Wildman–Crippen MR) is 43.7 cm³/mol. The lowest BCUT2D eigenvalue weighted by atomic mass is 10.4. The summed E-state index contributed by atoms with van der Waals surface area (Å²) in [5, 5.41) is 20.7. The topological polar surface area (TPSA) is 116 Å². The van der Waals surface area contributed by atoms with Gasteiger partial charge in [0.2, 0.25) is 0 Å². The molecule has 0 amide bonds. The number of hydrogen-bond donors (Lipinski definition) is 1. The maximum atomic E-state index is 10.3. The van der Waals surface area contributed by atoms with E-state index in [1.54, 1.807) is 0 Å². The van der Waals surface area contributed by atoms with Gasteiger partial charge in [-0.15, -0.1) is 0 Å². The second kappa shape index (κ2) is 3.56. The minimum atomic E-state index is -1.19. The maximum absolute atomic E-state index is 10.3. The highest BCUT2D eigenvalue weighted by Crippen LogP contribution is 2.01. The Morgan fingerprint density at radius 3 is 2.29 bits per heavy atom. The van der Waals surface area contributed by atoms with E-state index < -0.39 is 16.1 Å². The fourth-order valence-corrected chi connectivity index (χ4v) is 0.881. The Kier molecular flexibility index (Phi) is 2.47. The van der Waals surface area contributed by atoms with Gasteiger partial charge < -0.3 is 20.2 Å². The average Bonchev–Trinajstić information content (AvgIpc) is 2.07. The fourth-order valence-electron chi connectivity index (χ4n) is 0.881. The fraction of sp³-hybridized carbons (Fsp3) is 0. The molecule has 0 unspecified atom stereocenters. The van der Waals surface area contributed by atoms with Crippen LogP contribution in [0.15, 0.2) is 24.4 Å². The van der Waals surface area contributed by atoms with Gasteiger partial charge in [0.15, 0.2) is 0 Å². The molecule has 0 spiro atoms. The van der Waals surface area contributed by atoms with E-state index in [9.17, 15) is 20.2 Å². The zero-order valence-corrected chi connectivity index (χ0v) is 6.86. The van der Waals surface area contributed by atoms with Crippen LogP contribution in [-0.2, 0) is 0 Å². The molecule has 0 atom stereocenters. The highest BCUT2D eigenvalue weighted by atomic mass is 16.7. The third-order valence-electron chi connectivity index (χ3n) is 1.43. The first-order valence-electron chi connectivity index (χ1n) is 3.46. The van der Waals surface area contributed by atoms with Crippen LogP contribution >= 0.6 is 0 Å². The Labute approximate surface area is 77.9 Å². The number of anilines is 1. The smallest absolute Gasteiger partial charge is 0.314 e. The second-order valence-electron chi connectivity index (χ2n) is 2.31. The first kappa shape index (κ1) is 9.71. The van der Waals surface area contributed by atoms with Crippen LogP contribution in [0.4, 0.5) is 5.82 Å². The average molecular weight is 198 g/mol. The first-order valence-corrected chi connectivity index (χ1v) is 3.46. The minimum absolute atomic E-state index is 0.0732. The van der Waals surface area contributed by atoms with Crippen LogP contribution in [0.5, 0.6) is 0 Å². The van der Waals surface area contributed by atoms with Gasteiger partial charge in [0, 0.05) is 16.0 Å². The van der Waals surface area contributed by atoms with E-state index in [1.807, 2.05) is 0 Å². The Bertz CT molecular complexity index is 366. The molecule has 8 heteroatoms. The molecular weight excluding hydrogens is 192 g/mol. The SMILES string of the molecule is Nc1cccc[n+]1[C-]([N+](=O)[O-])[N+](=O)[O-]. The minimum Gasteiger partial charge on any atom is -0.314 e. The number of nitro groups is 2. The predicted octanol–water partition coefficient (Wildman–Crippen LogP) is -0.595. The van der Waals surface area contributed by atoms with Crippen LogP contribution < -0.4 is 10.3 Å². The van der Waals surface area contributed by atoms with Crippen LogP contribution in [0.3, 0.4) is 0 Å². The number of rotatable bonds is 3. The van der Waals surface area contributed by atoms with Gasteiger partial charge in [-0.25, -0.2) is 4.57 Å². The van der Waals surface area contributed by atoms with Gasteiger partial charge in [-0.1, -0.05) is 12.1 Å². The second-order valence-corrected chi connectivity index (χ2v) is 2.31. The molecule has 74 valence electrons. The van der Waals surface area contributed by atoms with Crippen molar-refractivity contribution in [2.75, 3.05) is 5.73 Å². The third-order valence-corrected chi connectivity index (χ3v) is 1.43. The zero-order valence-electron chi connectivity index (χ0n) is 6.86. The van der Waals surface area contributed by atoms with Crippen LogP contribution in [-0.4, -0.2) is 9.85 Å². The molecule has 1 aromatic rings. The summed E-state index contributed by atoms with van der Waals surface area (Å²) < 4.78 is 0.694. The molecule has 0 radical (unpaired) electrons. The van der Waals surface area contributed by atoms with Crippen molar-refractivity contribution in [1.29, 1.82) is 0 Å². The number of nitrogen functional groups attached to an aromatic ring is 1. The molecule has 0 aliphatic rings. The van der Waals surface area contributed by atoms with Crippen molar-refractivity contribution in [2.24, 2.45) is 0 Å². The van der Waals surface area contributed by atoms with E-state index in [1.165, 1.54) is 18.2 Å². The lowest BCUT2D eigenvalue weighted by Gasteiger charge is -2.07. The lowest BCUT2D eigenvalue weighted by Crippen LogP contribution is -2.50. The van der Waals surface area contributed by atoms with Crippen molar-refractivity contribution < 1.29 is 14.4 Å². The Hall–Kier alpha value is -2.38. The van der Waals surface area contributed by atoms with Gasteiger partial charge in [0.05, 0.1) is 0 Å². The molecule has 0 aromatic carbocycles. The quantitative estimate of drug-likeness (QED) is 0.301. The lowest BCUT2D eigenvalue weighted by molar-refractivity contribution is -0.902. The van der Waals surface area contributed by atoms with Crippen molar-refractivity contribution in [1.82, 2.24) is 0 Å². The summed E-state index contributed by atoms with van der Waals surface area (Å²) in [6.07, 6.45) is -0.0425. The number of pyridine rings is 1. The molecule has 0 bridgehead atoms. The van der Waals surface area contributed by atoms with Crippen molar-refractivity contribution in [2.45, 2.75) is 0 Å². The van der Waals surface area contributed by atoms with Crippen molar-refractivity contribution >= 4 is 5.82 Å². The van der Waals surface area contributed by atoms with Crippen molar-refractivity contribution in [3.05, 3.63) is 50.9 Å². The van der Waals surface area contributed by atoms with Crippen LogP contribution in [0.1, 0.15) is 0 Å². The molecule has 1 rings (SSSR count). The van der Waals surface area contributed by atoms with E-state index in [-0.39, 0.29) is 5.82 Å². The summed E-state index contributed by atoms with van der Waals surface area (Å²) in [6.45, 7) is 0. The molecule has 0 saturated carbocycles. The molecule has 0 aliphatic carbocycles. The maximum Gasteiger partial charge on any atom is 0.575 e. The standard InChI is InChI=1S/C6H6N4O4/c7-5-3-1-2-4-8(5)6(9(11)12)10(13)14/h1-4H,7H2. The Morgan fingerprint density at radius 2 is 1.86 bits per heavy atom. The molecule has 2 N–H and O–H groups in total. The van der Waals surface area contributed by atoms with Gasteiger partial charge in [-0.05, 0) is 6.07 Å². The summed E-state index contributed by atoms with van der Waals surface area (Å²) in [7, 11) is 0. The van der Waals surface area contributed by atoms with Gasteiger partial charge in [0.25, 0.3) is 5.82 Å². The van der Waals surface area contributed by atoms with Gasteiger partial charge in [-0.3, -0.25) is 5.73 Å². The molecule has 0 saturated heterocycles. The molecule has 0 fully saturated rings. The van der Waals surface area contributed by atoms with Gasteiger partial charge in [-0.2, -0.15) is 0 Å². The number of nitrogens with two attached hydrogens (primary N) is 1. The highest BCUT2D eigenvalue weighted by Gasteiger charge is 2.34. The van der Waals surface area contributed by atoms with Crippen molar-refractivity contribution in [3.8, 4) is 0 Å². The molecular formula is C6H6N4O4. The zero-order chi connectivity index (χ0) is 10.7. The van der Waals surface area contributed by atoms with E-state index in [4.69, 9.17) is 5.73 Å². The van der Waals surface area contributed by atoms with Crippen LogP contribution in [0.2, 0.25) is 0 Å². The van der Waals surface area contributed by atoms with E-state index >= 15 is 0 Å². The Morgan fingerprint density at radius 1 is 1.29 bits per heavy atom. The summed E-state index contributed by atoms with van der Waals surface area (Å²) >= 11 is 0. The van der Waals surface area contributed by atoms with Crippen LogP contribution in [0.25, 0.3) is 0 Å². The molecule has 1 aromatic heterocycles. The summed E-state index contributed by atoms with van der Waals surface area (Å²) in [6, 6.07) is 4.25. The van der Waals surface area contributed by atoms with Gasteiger partial charge in [0.1, 0.15) is 0 Å². The first-order chi connectivity index (χ1) is 6.54. The number of nitrogens with zero attached hydrogens (tertiary/aromatic N) is 3. The number of hydrogen-bond acceptors (Lipinski definition) is 5. The van der Waals surface area contributed by atoms with Crippen molar-refractivity contribution in [3.63, 3.8) is 0 Å². The summed E-state index contributed by atoms with van der Waals surface area (Å²) in [5.41, 5.74) is 5.33. The molecule has 8 nitrogen and oxygen atoms in total. The third kappa shape index (κ3) is 1.68. The monoisotopic (exact) mass is 198 g/mol. The molecule has 1 heterocycles.